The molecule has 8 nitrogen and oxygen atoms in total. The molecule has 0 saturated carbocycles. The summed E-state index contributed by atoms with van der Waals surface area (Å²) >= 11 is 1.21. The van der Waals surface area contributed by atoms with Gasteiger partial charge in [-0.25, -0.2) is 4.79 Å². The Morgan fingerprint density at radius 2 is 2.09 bits per heavy atom. The first-order valence-electron chi connectivity index (χ1n) is 7.33. The third-order valence-corrected chi connectivity index (χ3v) is 4.17. The van der Waals surface area contributed by atoms with Crippen LogP contribution in [0.25, 0.3) is 0 Å². The van der Waals surface area contributed by atoms with Crippen LogP contribution in [0.4, 0.5) is 4.79 Å². The van der Waals surface area contributed by atoms with Crippen molar-refractivity contribution in [3.8, 4) is 0 Å². The van der Waals surface area contributed by atoms with Gasteiger partial charge in [-0.1, -0.05) is 32.5 Å². The van der Waals surface area contributed by atoms with Gasteiger partial charge in [-0.3, -0.25) is 14.9 Å². The second kappa shape index (κ2) is 7.12. The van der Waals surface area contributed by atoms with Gasteiger partial charge in [-0.15, -0.1) is 10.2 Å². The third-order valence-electron chi connectivity index (χ3n) is 3.35. The fraction of sp³-hybridized carbons (Fsp3) is 0.643. The van der Waals surface area contributed by atoms with Crippen LogP contribution in [0.15, 0.2) is 9.64 Å². The number of hydrogen-bond donors (Lipinski definition) is 1. The number of amides is 3. The molecule has 2 rings (SSSR count). The maximum absolute atomic E-state index is 11.9. The lowest BCUT2D eigenvalue weighted by molar-refractivity contribution is -0.123. The Bertz CT molecular complexity index is 608. The highest BCUT2D eigenvalue weighted by Crippen LogP contribution is 2.22. The van der Waals surface area contributed by atoms with E-state index < -0.39 is 11.4 Å². The molecule has 9 heteroatoms. The predicted octanol–water partition coefficient (Wildman–Crippen LogP) is 1.26. The van der Waals surface area contributed by atoms with E-state index in [1.165, 1.54) is 16.7 Å². The molecule has 0 spiro atoms. The van der Waals surface area contributed by atoms with E-state index in [4.69, 9.17) is 4.42 Å². The van der Waals surface area contributed by atoms with Crippen LogP contribution in [0, 0.1) is 5.41 Å². The first kappa shape index (κ1) is 17.5. The molecule has 0 aliphatic carbocycles. The van der Waals surface area contributed by atoms with Crippen LogP contribution in [-0.2, 0) is 16.0 Å². The van der Waals surface area contributed by atoms with Gasteiger partial charge in [0.1, 0.15) is 5.78 Å². The number of ketones is 1. The number of nitrogens with one attached hydrogen (secondary N) is 1. The standard InChI is InChI=1S/C14H20N4O4S/c1-14(2,3)9(19)8-23-13-17-16-11(22-13)5-7-18-6-4-10(20)15-12(18)21/h4-8H2,1-3H3,(H,15,20,21). The summed E-state index contributed by atoms with van der Waals surface area (Å²) in [5, 5.41) is 10.4. The van der Waals surface area contributed by atoms with Gasteiger partial charge in [-0.05, 0) is 0 Å². The molecule has 1 aromatic rings. The molecule has 0 bridgehead atoms. The van der Waals surface area contributed by atoms with Crippen molar-refractivity contribution in [1.82, 2.24) is 20.4 Å². The number of rotatable bonds is 6. The van der Waals surface area contributed by atoms with Crippen molar-refractivity contribution < 1.29 is 18.8 Å². The molecular weight excluding hydrogens is 320 g/mol. The summed E-state index contributed by atoms with van der Waals surface area (Å²) in [6.07, 6.45) is 0.702. The summed E-state index contributed by atoms with van der Waals surface area (Å²) in [7, 11) is 0. The maximum Gasteiger partial charge on any atom is 0.324 e. The molecule has 0 radical (unpaired) electrons. The summed E-state index contributed by atoms with van der Waals surface area (Å²) in [6.45, 7) is 6.38. The predicted molar refractivity (Wildman–Crippen MR) is 82.9 cm³/mol. The molecule has 1 fully saturated rings. The second-order valence-electron chi connectivity index (χ2n) is 6.26. The molecule has 3 amide bonds. The molecule has 0 unspecified atom stereocenters. The van der Waals surface area contributed by atoms with Crippen molar-refractivity contribution >= 4 is 29.5 Å². The van der Waals surface area contributed by atoms with Gasteiger partial charge in [0.15, 0.2) is 0 Å². The molecule has 0 atom stereocenters. The molecule has 23 heavy (non-hydrogen) atoms. The lowest BCUT2D eigenvalue weighted by Crippen LogP contribution is -2.49. The summed E-state index contributed by atoms with van der Waals surface area (Å²) in [6, 6.07) is -0.397. The number of aromatic nitrogens is 2. The lowest BCUT2D eigenvalue weighted by Gasteiger charge is -2.25. The van der Waals surface area contributed by atoms with Crippen LogP contribution in [0.5, 0.6) is 0 Å². The first-order chi connectivity index (χ1) is 10.8. The van der Waals surface area contributed by atoms with E-state index in [-0.39, 0.29) is 17.4 Å². The van der Waals surface area contributed by atoms with E-state index in [9.17, 15) is 14.4 Å². The van der Waals surface area contributed by atoms with Crippen molar-refractivity contribution in [1.29, 1.82) is 0 Å². The highest BCUT2D eigenvalue weighted by Gasteiger charge is 2.24. The molecule has 1 N–H and O–H groups in total. The molecule has 1 aliphatic rings. The summed E-state index contributed by atoms with van der Waals surface area (Å²) in [4.78, 5) is 36.0. The Labute approximate surface area is 138 Å². The highest BCUT2D eigenvalue weighted by atomic mass is 32.2. The number of nitrogens with zero attached hydrogens (tertiary/aromatic N) is 3. The van der Waals surface area contributed by atoms with E-state index in [1.807, 2.05) is 20.8 Å². The zero-order valence-electron chi connectivity index (χ0n) is 13.4. The number of hydrogen-bond acceptors (Lipinski definition) is 7. The zero-order valence-corrected chi connectivity index (χ0v) is 14.2. The number of Topliss-reactive ketones (excluding diaryl/α,β-unsaturated/α-hetero) is 1. The monoisotopic (exact) mass is 340 g/mol. The lowest BCUT2D eigenvalue weighted by atomic mass is 9.92. The number of carbonyl (C=O) groups excluding carboxylic acids is 3. The van der Waals surface area contributed by atoms with Crippen molar-refractivity contribution in [2.24, 2.45) is 5.41 Å². The minimum absolute atomic E-state index is 0.108. The molecule has 0 aromatic carbocycles. The van der Waals surface area contributed by atoms with Crippen LogP contribution in [0.1, 0.15) is 33.1 Å². The van der Waals surface area contributed by atoms with Crippen molar-refractivity contribution in [3.05, 3.63) is 5.89 Å². The van der Waals surface area contributed by atoms with Gasteiger partial charge < -0.3 is 9.32 Å². The Kier molecular flexibility index (Phi) is 5.40. The summed E-state index contributed by atoms with van der Waals surface area (Å²) < 4.78 is 5.46. The summed E-state index contributed by atoms with van der Waals surface area (Å²) in [5.41, 5.74) is -0.394. The second-order valence-corrected chi connectivity index (χ2v) is 7.19. The first-order valence-corrected chi connectivity index (χ1v) is 8.31. The average molecular weight is 340 g/mol. The molecule has 1 aliphatic heterocycles. The number of urea groups is 1. The topological polar surface area (TPSA) is 105 Å². The van der Waals surface area contributed by atoms with Gasteiger partial charge in [-0.2, -0.15) is 0 Å². The van der Waals surface area contributed by atoms with E-state index in [1.54, 1.807) is 0 Å². The van der Waals surface area contributed by atoms with Crippen molar-refractivity contribution in [3.63, 3.8) is 0 Å². The van der Waals surface area contributed by atoms with E-state index in [0.717, 1.165) is 0 Å². The number of carbonyl (C=O) groups is 3. The van der Waals surface area contributed by atoms with Crippen LogP contribution in [0.3, 0.4) is 0 Å². The molecule has 126 valence electrons. The molecule has 2 heterocycles. The molecule has 1 saturated heterocycles. The van der Waals surface area contributed by atoms with E-state index >= 15 is 0 Å². The van der Waals surface area contributed by atoms with Crippen molar-refractivity contribution in [2.75, 3.05) is 18.8 Å². The fourth-order valence-electron chi connectivity index (χ4n) is 1.78. The maximum atomic E-state index is 11.9. The van der Waals surface area contributed by atoms with E-state index in [0.29, 0.717) is 37.0 Å². The Morgan fingerprint density at radius 1 is 1.35 bits per heavy atom. The highest BCUT2D eigenvalue weighted by molar-refractivity contribution is 7.99. The van der Waals surface area contributed by atoms with Gasteiger partial charge >= 0.3 is 6.03 Å². The molecular formula is C14H20N4O4S. The average Bonchev–Trinajstić information content (AvgIpc) is 2.90. The van der Waals surface area contributed by atoms with E-state index in [2.05, 4.69) is 15.5 Å². The van der Waals surface area contributed by atoms with Crippen LogP contribution >= 0.6 is 11.8 Å². The zero-order chi connectivity index (χ0) is 17.0. The van der Waals surface area contributed by atoms with Gasteiger partial charge in [0.2, 0.25) is 11.8 Å². The third kappa shape index (κ3) is 5.05. The van der Waals surface area contributed by atoms with Gasteiger partial charge in [0.05, 0.1) is 5.75 Å². The van der Waals surface area contributed by atoms with Crippen LogP contribution in [-0.4, -0.2) is 51.7 Å². The Morgan fingerprint density at radius 3 is 2.74 bits per heavy atom. The summed E-state index contributed by atoms with van der Waals surface area (Å²) in [5.74, 6) is 0.533. The Balaban J connectivity index is 1.80. The SMILES string of the molecule is CC(C)(C)C(=O)CSc1nnc(CCN2CCC(=O)NC2=O)o1. The molecule has 1 aromatic heterocycles. The minimum Gasteiger partial charge on any atom is -0.416 e. The number of thioether (sulfide) groups is 1. The normalized spacial score (nSPS) is 15.7. The number of imide groups is 1. The van der Waals surface area contributed by atoms with Gasteiger partial charge in [0, 0.05) is 31.3 Å². The quantitative estimate of drug-likeness (QED) is 0.777. The van der Waals surface area contributed by atoms with Crippen LogP contribution in [0.2, 0.25) is 0 Å². The minimum atomic E-state index is -0.397. The van der Waals surface area contributed by atoms with Gasteiger partial charge in [0.25, 0.3) is 5.22 Å². The fourth-order valence-corrected chi connectivity index (χ4v) is 2.73. The smallest absolute Gasteiger partial charge is 0.324 e. The Hall–Kier alpha value is -1.90. The largest absolute Gasteiger partial charge is 0.416 e. The van der Waals surface area contributed by atoms with Crippen LogP contribution < -0.4 is 5.32 Å². The van der Waals surface area contributed by atoms with Crippen molar-refractivity contribution in [2.45, 2.75) is 38.8 Å².